The predicted octanol–water partition coefficient (Wildman–Crippen LogP) is 4.93. The van der Waals surface area contributed by atoms with Crippen molar-refractivity contribution in [2.24, 2.45) is 0 Å². The van der Waals surface area contributed by atoms with E-state index in [1.807, 2.05) is 48.5 Å². The van der Waals surface area contributed by atoms with Gasteiger partial charge >= 0.3 is 5.91 Å². The molecule has 1 atom stereocenters. The van der Waals surface area contributed by atoms with Gasteiger partial charge in [0.1, 0.15) is 11.5 Å². The maximum absolute atomic E-state index is 13.2. The Balaban J connectivity index is 1.71. The Hall–Kier alpha value is -3.97. The molecule has 5 rings (SSSR count). The van der Waals surface area contributed by atoms with Crippen molar-refractivity contribution in [3.05, 3.63) is 95.6 Å². The van der Waals surface area contributed by atoms with Crippen LogP contribution in [0.2, 0.25) is 0 Å². The van der Waals surface area contributed by atoms with E-state index < -0.39 is 17.7 Å². The number of ether oxygens (including phenoxy) is 1. The monoisotopic (exact) mass is 442 g/mol. The van der Waals surface area contributed by atoms with E-state index in [0.717, 1.165) is 4.70 Å². The smallest absolute Gasteiger partial charge is 0.301 e. The topological polar surface area (TPSA) is 79.7 Å². The van der Waals surface area contributed by atoms with Crippen LogP contribution >= 0.6 is 11.3 Å². The maximum atomic E-state index is 13.2. The molecule has 1 aromatic heterocycles. The van der Waals surface area contributed by atoms with Gasteiger partial charge in [-0.15, -0.1) is 0 Å². The Kier molecular flexibility index (Phi) is 4.95. The Bertz CT molecular complexity index is 1360. The second-order valence-electron chi connectivity index (χ2n) is 7.28. The first-order chi connectivity index (χ1) is 15.6. The van der Waals surface area contributed by atoms with Gasteiger partial charge < -0.3 is 9.84 Å². The average Bonchev–Trinajstić information content (AvgIpc) is 3.37. The van der Waals surface area contributed by atoms with Gasteiger partial charge in [-0.1, -0.05) is 72.0 Å². The van der Waals surface area contributed by atoms with Crippen LogP contribution in [-0.2, 0) is 9.59 Å². The van der Waals surface area contributed by atoms with E-state index in [9.17, 15) is 14.7 Å². The van der Waals surface area contributed by atoms with E-state index >= 15 is 0 Å². The highest BCUT2D eigenvalue weighted by atomic mass is 32.1. The lowest BCUT2D eigenvalue weighted by Gasteiger charge is -2.22. The highest BCUT2D eigenvalue weighted by Crippen LogP contribution is 2.44. The van der Waals surface area contributed by atoms with Crippen molar-refractivity contribution in [3.63, 3.8) is 0 Å². The zero-order chi connectivity index (χ0) is 22.2. The summed E-state index contributed by atoms with van der Waals surface area (Å²) in [5, 5.41) is 11.4. The van der Waals surface area contributed by atoms with E-state index in [1.54, 1.807) is 37.4 Å². The number of benzene rings is 3. The Morgan fingerprint density at radius 3 is 2.38 bits per heavy atom. The quantitative estimate of drug-likeness (QED) is 0.275. The summed E-state index contributed by atoms with van der Waals surface area (Å²) in [5.74, 6) is -0.985. The molecular formula is C25H18N2O4S. The SMILES string of the molecule is COc1ccc2nc(N3C(=O)C(=O)C(=C(O)c4ccccc4)[C@H]3c3ccccc3)sc2c1. The summed E-state index contributed by atoms with van der Waals surface area (Å²) in [6, 6.07) is 22.6. The van der Waals surface area contributed by atoms with Gasteiger partial charge in [-0.25, -0.2) is 4.98 Å². The summed E-state index contributed by atoms with van der Waals surface area (Å²) in [6.45, 7) is 0. The largest absolute Gasteiger partial charge is 0.507 e. The van der Waals surface area contributed by atoms with E-state index in [1.165, 1.54) is 16.2 Å². The van der Waals surface area contributed by atoms with Crippen LogP contribution < -0.4 is 9.64 Å². The average molecular weight is 442 g/mol. The number of methoxy groups -OCH3 is 1. The zero-order valence-corrected chi connectivity index (χ0v) is 17.9. The van der Waals surface area contributed by atoms with E-state index in [4.69, 9.17) is 4.74 Å². The molecule has 7 heteroatoms. The van der Waals surface area contributed by atoms with Crippen LogP contribution in [0.5, 0.6) is 5.75 Å². The molecule has 4 aromatic rings. The molecule has 3 aromatic carbocycles. The molecule has 1 aliphatic rings. The normalized spacial score (nSPS) is 17.8. The molecule has 0 radical (unpaired) electrons. The number of aliphatic hydroxyl groups is 1. The first-order valence-electron chi connectivity index (χ1n) is 9.94. The molecule has 1 amide bonds. The Morgan fingerprint density at radius 2 is 1.69 bits per heavy atom. The molecule has 6 nitrogen and oxygen atoms in total. The molecule has 158 valence electrons. The maximum Gasteiger partial charge on any atom is 0.301 e. The second-order valence-corrected chi connectivity index (χ2v) is 8.29. The third-order valence-corrected chi connectivity index (χ3v) is 6.41. The van der Waals surface area contributed by atoms with Crippen LogP contribution in [0.25, 0.3) is 16.0 Å². The number of carbonyl (C=O) groups is 2. The fourth-order valence-electron chi connectivity index (χ4n) is 3.85. The molecule has 2 heterocycles. The molecule has 32 heavy (non-hydrogen) atoms. The lowest BCUT2D eigenvalue weighted by Crippen LogP contribution is -2.29. The van der Waals surface area contributed by atoms with Gasteiger partial charge in [-0.05, 0) is 23.8 Å². The molecule has 0 spiro atoms. The number of aliphatic hydroxyl groups excluding tert-OH is 1. The van der Waals surface area contributed by atoms with Crippen LogP contribution in [0.1, 0.15) is 17.2 Å². The number of nitrogens with zero attached hydrogens (tertiary/aromatic N) is 2. The van der Waals surface area contributed by atoms with Crippen LogP contribution in [0.4, 0.5) is 5.13 Å². The van der Waals surface area contributed by atoms with Crippen molar-refractivity contribution in [1.82, 2.24) is 4.98 Å². The highest BCUT2D eigenvalue weighted by Gasteiger charge is 2.48. The molecule has 0 aliphatic carbocycles. The number of Topliss-reactive ketones (excluding diaryl/α,β-unsaturated/α-hetero) is 1. The fraction of sp³-hybridized carbons (Fsp3) is 0.0800. The number of hydrogen-bond acceptors (Lipinski definition) is 6. The number of rotatable bonds is 4. The molecule has 1 saturated heterocycles. The summed E-state index contributed by atoms with van der Waals surface area (Å²) < 4.78 is 6.12. The Morgan fingerprint density at radius 1 is 1.00 bits per heavy atom. The summed E-state index contributed by atoms with van der Waals surface area (Å²) in [5.41, 5.74) is 1.92. The van der Waals surface area contributed by atoms with Crippen molar-refractivity contribution in [2.45, 2.75) is 6.04 Å². The van der Waals surface area contributed by atoms with Gasteiger partial charge in [-0.3, -0.25) is 14.5 Å². The third-order valence-electron chi connectivity index (χ3n) is 5.40. The van der Waals surface area contributed by atoms with Gasteiger partial charge in [0.05, 0.1) is 28.9 Å². The highest BCUT2D eigenvalue weighted by molar-refractivity contribution is 7.22. The van der Waals surface area contributed by atoms with Gasteiger partial charge in [-0.2, -0.15) is 0 Å². The lowest BCUT2D eigenvalue weighted by atomic mass is 9.95. The minimum absolute atomic E-state index is 0.0456. The zero-order valence-electron chi connectivity index (χ0n) is 17.1. The van der Waals surface area contributed by atoms with Crippen LogP contribution in [-0.4, -0.2) is 28.9 Å². The van der Waals surface area contributed by atoms with Gasteiger partial charge in [0.2, 0.25) is 0 Å². The number of hydrogen-bond donors (Lipinski definition) is 1. The fourth-order valence-corrected chi connectivity index (χ4v) is 4.88. The van der Waals surface area contributed by atoms with Gasteiger partial charge in [0.25, 0.3) is 5.78 Å². The molecule has 0 unspecified atom stereocenters. The van der Waals surface area contributed by atoms with E-state index in [2.05, 4.69) is 4.98 Å². The number of fused-ring (bicyclic) bond motifs is 1. The predicted molar refractivity (Wildman–Crippen MR) is 124 cm³/mol. The van der Waals surface area contributed by atoms with Crippen molar-refractivity contribution >= 4 is 44.1 Å². The Labute approximate surface area is 188 Å². The van der Waals surface area contributed by atoms with Crippen LogP contribution in [0.3, 0.4) is 0 Å². The molecule has 1 fully saturated rings. The standard InChI is InChI=1S/C25H18N2O4S/c1-31-17-12-13-18-19(14-17)32-25(26-18)27-21(15-8-4-2-5-9-15)20(23(29)24(27)30)22(28)16-10-6-3-7-11-16/h2-14,21,28H,1H3/t21-/m1/s1. The minimum atomic E-state index is -0.793. The molecule has 0 saturated carbocycles. The van der Waals surface area contributed by atoms with E-state index in [-0.39, 0.29) is 11.3 Å². The number of amides is 1. The molecular weight excluding hydrogens is 424 g/mol. The van der Waals surface area contributed by atoms with Crippen LogP contribution in [0.15, 0.2) is 84.4 Å². The summed E-state index contributed by atoms with van der Waals surface area (Å²) >= 11 is 1.30. The number of carbonyl (C=O) groups excluding carboxylic acids is 2. The molecule has 0 bridgehead atoms. The van der Waals surface area contributed by atoms with Crippen molar-refractivity contribution in [1.29, 1.82) is 0 Å². The van der Waals surface area contributed by atoms with Gasteiger partial charge in [0.15, 0.2) is 5.13 Å². The van der Waals surface area contributed by atoms with Crippen molar-refractivity contribution in [3.8, 4) is 5.75 Å². The molecule has 1 aliphatic heterocycles. The number of aromatic nitrogens is 1. The third kappa shape index (κ3) is 3.23. The summed E-state index contributed by atoms with van der Waals surface area (Å²) in [4.78, 5) is 32.3. The summed E-state index contributed by atoms with van der Waals surface area (Å²) in [7, 11) is 1.58. The van der Waals surface area contributed by atoms with E-state index in [0.29, 0.717) is 27.5 Å². The van der Waals surface area contributed by atoms with Gasteiger partial charge in [0, 0.05) is 5.56 Å². The lowest BCUT2D eigenvalue weighted by molar-refractivity contribution is -0.132. The molecule has 1 N–H and O–H groups in total. The number of anilines is 1. The van der Waals surface area contributed by atoms with Crippen molar-refractivity contribution < 1.29 is 19.4 Å². The second kappa shape index (κ2) is 7.94. The van der Waals surface area contributed by atoms with Crippen molar-refractivity contribution in [2.75, 3.05) is 12.0 Å². The van der Waals surface area contributed by atoms with Crippen LogP contribution in [0, 0.1) is 0 Å². The number of ketones is 1. The minimum Gasteiger partial charge on any atom is -0.507 e. The first kappa shape index (κ1) is 20.0. The number of thiazole rings is 1. The first-order valence-corrected chi connectivity index (χ1v) is 10.8. The summed E-state index contributed by atoms with van der Waals surface area (Å²) in [6.07, 6.45) is 0.